The number of nitrogens with zero attached hydrogens (tertiary/aromatic N) is 2. The molecule has 2 saturated heterocycles. The molecule has 0 unspecified atom stereocenters. The fourth-order valence-corrected chi connectivity index (χ4v) is 4.57. The van der Waals surface area contributed by atoms with Crippen LogP contribution in [0.4, 0.5) is 10.1 Å². The zero-order chi connectivity index (χ0) is 22.6. The summed E-state index contributed by atoms with van der Waals surface area (Å²) in [7, 11) is 1.66. The van der Waals surface area contributed by atoms with Gasteiger partial charge in [-0.1, -0.05) is 0 Å². The van der Waals surface area contributed by atoms with Crippen LogP contribution in [0.15, 0.2) is 48.5 Å². The molecule has 7 heteroatoms. The van der Waals surface area contributed by atoms with Crippen LogP contribution in [0.5, 0.6) is 11.5 Å². The van der Waals surface area contributed by atoms with Gasteiger partial charge in [0.25, 0.3) is 0 Å². The highest BCUT2D eigenvalue weighted by molar-refractivity contribution is 5.49. The second-order valence-electron chi connectivity index (χ2n) is 9.15. The molecule has 0 radical (unpaired) electrons. The van der Waals surface area contributed by atoms with Gasteiger partial charge in [-0.05, 0) is 74.2 Å². The highest BCUT2D eigenvalue weighted by Crippen LogP contribution is 2.30. The summed E-state index contributed by atoms with van der Waals surface area (Å²) in [6.07, 6.45) is 2.60. The molecule has 0 aliphatic carbocycles. The Bertz CT molecular complexity index is 859. The molecule has 2 aliphatic heterocycles. The number of β-amino-alcohol motifs (C(OH)–C–C–N with tert-alkyl or cyclic N) is 1. The second-order valence-corrected chi connectivity index (χ2v) is 9.15. The quantitative estimate of drug-likeness (QED) is 0.684. The second kappa shape index (κ2) is 9.65. The summed E-state index contributed by atoms with van der Waals surface area (Å²) in [6.45, 7) is 3.87. The molecule has 0 amide bonds. The molecule has 0 atom stereocenters. The van der Waals surface area contributed by atoms with Crippen molar-refractivity contribution in [3.8, 4) is 11.5 Å². The lowest BCUT2D eigenvalue weighted by molar-refractivity contribution is -0.0747. The molecule has 2 aromatic rings. The minimum absolute atomic E-state index is 0.188. The Hall–Kier alpha value is -2.35. The van der Waals surface area contributed by atoms with Crippen LogP contribution in [-0.2, 0) is 0 Å². The van der Waals surface area contributed by atoms with Gasteiger partial charge in [-0.15, -0.1) is 0 Å². The van der Waals surface area contributed by atoms with Gasteiger partial charge in [-0.25, -0.2) is 4.39 Å². The lowest BCUT2D eigenvalue weighted by Crippen LogP contribution is -2.55. The summed E-state index contributed by atoms with van der Waals surface area (Å²) < 4.78 is 23.9. The fraction of sp³-hybridized carbons (Fsp3) is 0.520. The number of halogens is 1. The van der Waals surface area contributed by atoms with Crippen molar-refractivity contribution in [3.63, 3.8) is 0 Å². The van der Waals surface area contributed by atoms with Crippen molar-refractivity contribution in [2.45, 2.75) is 36.9 Å². The molecule has 0 aromatic heterocycles. The Morgan fingerprint density at radius 2 is 1.38 bits per heavy atom. The number of aliphatic hydroxyl groups is 2. The first-order chi connectivity index (χ1) is 15.4. The van der Waals surface area contributed by atoms with Crippen molar-refractivity contribution in [1.82, 2.24) is 4.90 Å². The molecule has 32 heavy (non-hydrogen) atoms. The molecule has 2 heterocycles. The number of ether oxygens (including phenoxy) is 2. The molecular weight excluding hydrogens is 411 g/mol. The van der Waals surface area contributed by atoms with Crippen molar-refractivity contribution < 1.29 is 24.1 Å². The van der Waals surface area contributed by atoms with E-state index in [1.807, 2.05) is 12.1 Å². The van der Waals surface area contributed by atoms with Gasteiger partial charge in [0, 0.05) is 38.4 Å². The van der Waals surface area contributed by atoms with Crippen LogP contribution < -0.4 is 14.4 Å². The average molecular weight is 445 g/mol. The third kappa shape index (κ3) is 5.71. The molecule has 2 aromatic carbocycles. The van der Waals surface area contributed by atoms with Gasteiger partial charge in [0.05, 0.1) is 12.7 Å². The Morgan fingerprint density at radius 3 is 1.97 bits per heavy atom. The highest BCUT2D eigenvalue weighted by Gasteiger charge is 2.38. The molecule has 2 fully saturated rings. The van der Waals surface area contributed by atoms with E-state index in [2.05, 4.69) is 21.9 Å². The third-order valence-electron chi connectivity index (χ3n) is 6.76. The number of hydrogen-bond donors (Lipinski definition) is 2. The van der Waals surface area contributed by atoms with Crippen LogP contribution in [0.3, 0.4) is 0 Å². The molecular formula is C25H33FN2O4. The van der Waals surface area contributed by atoms with Crippen LogP contribution in [0.2, 0.25) is 0 Å². The molecule has 4 rings (SSSR count). The predicted molar refractivity (Wildman–Crippen MR) is 122 cm³/mol. The van der Waals surface area contributed by atoms with E-state index < -0.39 is 11.2 Å². The van der Waals surface area contributed by atoms with Gasteiger partial charge in [0.2, 0.25) is 0 Å². The Balaban J connectivity index is 1.22. The van der Waals surface area contributed by atoms with E-state index in [4.69, 9.17) is 9.47 Å². The van der Waals surface area contributed by atoms with Gasteiger partial charge < -0.3 is 29.5 Å². The monoisotopic (exact) mass is 444 g/mol. The van der Waals surface area contributed by atoms with E-state index in [1.165, 1.54) is 12.1 Å². The van der Waals surface area contributed by atoms with Crippen LogP contribution >= 0.6 is 0 Å². The maximum absolute atomic E-state index is 13.0. The third-order valence-corrected chi connectivity index (χ3v) is 6.76. The fourth-order valence-electron chi connectivity index (χ4n) is 4.57. The molecule has 0 spiro atoms. The minimum atomic E-state index is -0.898. The van der Waals surface area contributed by atoms with Crippen molar-refractivity contribution in [2.75, 3.05) is 51.3 Å². The van der Waals surface area contributed by atoms with E-state index in [9.17, 15) is 14.6 Å². The SMILES string of the molecule is COc1ccc(N2CCC(O)(CN3CCC(O)(COc4ccc(F)cc4)CC3)CC2)cc1. The van der Waals surface area contributed by atoms with Crippen LogP contribution in [0, 0.1) is 5.82 Å². The molecule has 6 nitrogen and oxygen atoms in total. The molecule has 0 bridgehead atoms. The molecule has 174 valence electrons. The Kier molecular flexibility index (Phi) is 6.88. The zero-order valence-corrected chi connectivity index (χ0v) is 18.7. The molecule has 0 saturated carbocycles. The Morgan fingerprint density at radius 1 is 0.812 bits per heavy atom. The number of benzene rings is 2. The van der Waals surface area contributed by atoms with Crippen LogP contribution in [0.25, 0.3) is 0 Å². The van der Waals surface area contributed by atoms with Crippen LogP contribution in [-0.4, -0.2) is 72.8 Å². The number of hydrogen-bond acceptors (Lipinski definition) is 6. The normalized spacial score (nSPS) is 20.7. The summed E-state index contributed by atoms with van der Waals surface area (Å²) >= 11 is 0. The number of anilines is 1. The average Bonchev–Trinajstić information content (AvgIpc) is 2.81. The van der Waals surface area contributed by atoms with Gasteiger partial charge in [-0.3, -0.25) is 0 Å². The standard InChI is InChI=1S/C25H33FN2O4/c1-31-22-8-4-21(5-9-22)28-16-12-24(29,13-17-28)18-27-14-10-25(30,11-15-27)19-32-23-6-2-20(26)3-7-23/h2-9,29-30H,10-19H2,1H3. The van der Waals surface area contributed by atoms with Gasteiger partial charge in [0.15, 0.2) is 0 Å². The zero-order valence-electron chi connectivity index (χ0n) is 18.7. The smallest absolute Gasteiger partial charge is 0.123 e. The maximum atomic E-state index is 13.0. The lowest BCUT2D eigenvalue weighted by atomic mass is 9.87. The summed E-state index contributed by atoms with van der Waals surface area (Å²) in [4.78, 5) is 4.55. The number of rotatable bonds is 7. The lowest BCUT2D eigenvalue weighted by Gasteiger charge is -2.44. The summed E-state index contributed by atoms with van der Waals surface area (Å²) in [5, 5.41) is 22.0. The van der Waals surface area contributed by atoms with Gasteiger partial charge in [-0.2, -0.15) is 0 Å². The highest BCUT2D eigenvalue weighted by atomic mass is 19.1. The predicted octanol–water partition coefficient (Wildman–Crippen LogP) is 3.07. The van der Waals surface area contributed by atoms with Crippen molar-refractivity contribution in [2.24, 2.45) is 0 Å². The van der Waals surface area contributed by atoms with Crippen LogP contribution in [0.1, 0.15) is 25.7 Å². The molecule has 2 N–H and O–H groups in total. The molecule has 2 aliphatic rings. The maximum Gasteiger partial charge on any atom is 0.123 e. The number of methoxy groups -OCH3 is 1. The number of piperidine rings is 2. The van der Waals surface area contributed by atoms with Crippen molar-refractivity contribution >= 4 is 5.69 Å². The van der Waals surface area contributed by atoms with E-state index in [0.29, 0.717) is 51.1 Å². The van der Waals surface area contributed by atoms with Gasteiger partial charge in [0.1, 0.15) is 29.5 Å². The van der Waals surface area contributed by atoms with Crippen molar-refractivity contribution in [3.05, 3.63) is 54.3 Å². The first-order valence-corrected chi connectivity index (χ1v) is 11.3. The summed E-state index contributed by atoms with van der Waals surface area (Å²) in [6, 6.07) is 13.9. The van der Waals surface area contributed by atoms with E-state index in [-0.39, 0.29) is 12.4 Å². The topological polar surface area (TPSA) is 65.4 Å². The first-order valence-electron chi connectivity index (χ1n) is 11.3. The van der Waals surface area contributed by atoms with E-state index in [1.54, 1.807) is 19.2 Å². The minimum Gasteiger partial charge on any atom is -0.497 e. The summed E-state index contributed by atoms with van der Waals surface area (Å²) in [5.74, 6) is 1.09. The number of likely N-dealkylation sites (tertiary alicyclic amines) is 1. The van der Waals surface area contributed by atoms with E-state index >= 15 is 0 Å². The Labute approximate surface area is 189 Å². The van der Waals surface area contributed by atoms with Gasteiger partial charge >= 0.3 is 0 Å². The first kappa shape index (κ1) is 22.8. The summed E-state index contributed by atoms with van der Waals surface area (Å²) in [5.41, 5.74) is -0.453. The largest absolute Gasteiger partial charge is 0.497 e. The van der Waals surface area contributed by atoms with E-state index in [0.717, 1.165) is 24.5 Å². The van der Waals surface area contributed by atoms with Crippen molar-refractivity contribution in [1.29, 1.82) is 0 Å².